The Morgan fingerprint density at radius 1 is 1.10 bits per heavy atom. The van der Waals surface area contributed by atoms with Crippen molar-refractivity contribution < 1.29 is 24.0 Å². The lowest BCUT2D eigenvalue weighted by Crippen LogP contribution is -2.22. The van der Waals surface area contributed by atoms with Crippen molar-refractivity contribution in [1.82, 2.24) is 4.90 Å². The Kier molecular flexibility index (Phi) is 6.07. The van der Waals surface area contributed by atoms with Crippen molar-refractivity contribution >= 4 is 50.6 Å². The number of fused-ring (bicyclic) bond motifs is 1. The Labute approximate surface area is 175 Å². The topological polar surface area (TPSA) is 119 Å². The monoisotopic (exact) mass is 427 g/mol. The number of carbonyl (C=O) groups excluding carboxylic acids is 3. The van der Waals surface area contributed by atoms with Crippen molar-refractivity contribution in [2.24, 2.45) is 0 Å². The maximum Gasteiger partial charge on any atom is 0.348 e. The number of ether oxygens (including phenoxy) is 1. The van der Waals surface area contributed by atoms with Gasteiger partial charge in [-0.25, -0.2) is 4.79 Å². The van der Waals surface area contributed by atoms with Crippen molar-refractivity contribution in [3.63, 3.8) is 0 Å². The molecule has 1 heterocycles. The van der Waals surface area contributed by atoms with Crippen LogP contribution < -0.4 is 5.32 Å². The van der Waals surface area contributed by atoms with E-state index in [1.54, 1.807) is 44.4 Å². The molecule has 154 valence electrons. The van der Waals surface area contributed by atoms with Gasteiger partial charge >= 0.3 is 5.97 Å². The summed E-state index contributed by atoms with van der Waals surface area (Å²) in [6.07, 6.45) is 0. The fraction of sp³-hybridized carbons (Fsp3) is 0.150. The molecule has 0 bridgehead atoms. The molecule has 3 rings (SSSR count). The van der Waals surface area contributed by atoms with Crippen LogP contribution in [0.2, 0.25) is 0 Å². The summed E-state index contributed by atoms with van der Waals surface area (Å²) in [7, 11) is 3.29. The minimum Gasteiger partial charge on any atom is -0.451 e. The van der Waals surface area contributed by atoms with Crippen LogP contribution in [0.3, 0.4) is 0 Å². The Morgan fingerprint density at radius 2 is 1.80 bits per heavy atom. The highest BCUT2D eigenvalue weighted by molar-refractivity contribution is 7.20. The third-order valence-corrected chi connectivity index (χ3v) is 5.16. The number of thiophene rings is 1. The van der Waals surface area contributed by atoms with Crippen molar-refractivity contribution in [1.29, 1.82) is 0 Å². The minimum absolute atomic E-state index is 0.0714. The van der Waals surface area contributed by atoms with Crippen molar-refractivity contribution in [2.45, 2.75) is 0 Å². The predicted octanol–water partition coefficient (Wildman–Crippen LogP) is 3.31. The van der Waals surface area contributed by atoms with Gasteiger partial charge in [0.25, 0.3) is 17.5 Å². The van der Waals surface area contributed by atoms with E-state index in [2.05, 4.69) is 5.32 Å². The molecule has 0 radical (unpaired) electrons. The number of nitro benzene ring substituents is 1. The van der Waals surface area contributed by atoms with Crippen LogP contribution in [0, 0.1) is 10.1 Å². The van der Waals surface area contributed by atoms with E-state index in [1.165, 1.54) is 23.1 Å². The number of anilines is 1. The number of amides is 2. The van der Waals surface area contributed by atoms with Crippen LogP contribution in [0.1, 0.15) is 20.0 Å². The first-order valence-electron chi connectivity index (χ1n) is 8.71. The van der Waals surface area contributed by atoms with Crippen LogP contribution in [0.25, 0.3) is 10.1 Å². The van der Waals surface area contributed by atoms with Gasteiger partial charge in [-0.3, -0.25) is 19.7 Å². The van der Waals surface area contributed by atoms with Crippen LogP contribution in [-0.2, 0) is 9.53 Å². The summed E-state index contributed by atoms with van der Waals surface area (Å²) in [6.45, 7) is -0.494. The van der Waals surface area contributed by atoms with Gasteiger partial charge in [-0.05, 0) is 36.4 Å². The maximum absolute atomic E-state index is 12.2. The second-order valence-corrected chi connectivity index (χ2v) is 7.57. The number of rotatable bonds is 6. The zero-order valence-corrected chi connectivity index (χ0v) is 16.9. The average Bonchev–Trinajstić information content (AvgIpc) is 3.15. The molecule has 0 aliphatic heterocycles. The summed E-state index contributed by atoms with van der Waals surface area (Å²) >= 11 is 1.12. The lowest BCUT2D eigenvalue weighted by atomic mass is 10.2. The molecule has 30 heavy (non-hydrogen) atoms. The van der Waals surface area contributed by atoms with E-state index >= 15 is 0 Å². The van der Waals surface area contributed by atoms with E-state index in [0.717, 1.165) is 11.3 Å². The maximum atomic E-state index is 12.2. The van der Waals surface area contributed by atoms with E-state index in [4.69, 9.17) is 4.74 Å². The van der Waals surface area contributed by atoms with E-state index in [1.807, 2.05) is 0 Å². The molecule has 9 nitrogen and oxygen atoms in total. The molecule has 0 aliphatic rings. The van der Waals surface area contributed by atoms with Gasteiger partial charge in [0.15, 0.2) is 6.61 Å². The molecular formula is C20H17N3O6S. The predicted molar refractivity (Wildman–Crippen MR) is 112 cm³/mol. The fourth-order valence-corrected chi connectivity index (χ4v) is 3.54. The number of nitrogens with one attached hydrogen (secondary N) is 1. The molecular weight excluding hydrogens is 410 g/mol. The van der Waals surface area contributed by atoms with Crippen molar-refractivity contribution in [2.75, 3.05) is 26.0 Å². The quantitative estimate of drug-likeness (QED) is 0.366. The van der Waals surface area contributed by atoms with Gasteiger partial charge in [-0.15, -0.1) is 11.3 Å². The Morgan fingerprint density at radius 3 is 2.43 bits per heavy atom. The summed E-state index contributed by atoms with van der Waals surface area (Å²) < 4.78 is 5.73. The molecule has 0 aliphatic carbocycles. The van der Waals surface area contributed by atoms with E-state index in [0.29, 0.717) is 21.3 Å². The molecule has 0 spiro atoms. The summed E-state index contributed by atoms with van der Waals surface area (Å²) in [5.41, 5.74) is 0.868. The molecule has 0 unspecified atom stereocenters. The number of esters is 1. The Balaban J connectivity index is 1.58. The van der Waals surface area contributed by atoms with Crippen molar-refractivity contribution in [3.8, 4) is 0 Å². The standard InChI is InChI=1S/C20H17N3O6S/c1-22(2)19(25)12-3-5-14(6-4-12)21-18(24)11-29-20(26)17-10-13-9-15(23(27)28)7-8-16(13)30-17/h3-10H,11H2,1-2H3,(H,21,24). The summed E-state index contributed by atoms with van der Waals surface area (Å²) in [5.74, 6) is -1.39. The number of hydrogen-bond donors (Lipinski definition) is 1. The van der Waals surface area contributed by atoms with E-state index < -0.39 is 23.4 Å². The molecule has 10 heteroatoms. The van der Waals surface area contributed by atoms with Gasteiger partial charge in [-0.2, -0.15) is 0 Å². The zero-order chi connectivity index (χ0) is 21.8. The SMILES string of the molecule is CN(C)C(=O)c1ccc(NC(=O)COC(=O)c2cc3cc([N+](=O)[O-])ccc3s2)cc1. The van der Waals surface area contributed by atoms with Gasteiger partial charge in [-0.1, -0.05) is 0 Å². The third kappa shape index (κ3) is 4.78. The number of hydrogen-bond acceptors (Lipinski definition) is 7. The normalized spacial score (nSPS) is 10.5. The van der Waals surface area contributed by atoms with E-state index in [-0.39, 0.29) is 16.5 Å². The molecule has 0 saturated heterocycles. The number of nitro groups is 1. The van der Waals surface area contributed by atoms with Crippen LogP contribution in [0.4, 0.5) is 11.4 Å². The van der Waals surface area contributed by atoms with Gasteiger partial charge < -0.3 is 15.0 Å². The zero-order valence-electron chi connectivity index (χ0n) is 16.1. The van der Waals surface area contributed by atoms with Crippen LogP contribution >= 0.6 is 11.3 Å². The Hall–Kier alpha value is -3.79. The van der Waals surface area contributed by atoms with Crippen LogP contribution in [-0.4, -0.2) is 48.3 Å². The smallest absolute Gasteiger partial charge is 0.348 e. The lowest BCUT2D eigenvalue weighted by molar-refractivity contribution is -0.384. The van der Waals surface area contributed by atoms with Gasteiger partial charge in [0.2, 0.25) is 0 Å². The van der Waals surface area contributed by atoms with Crippen molar-refractivity contribution in [3.05, 3.63) is 69.1 Å². The summed E-state index contributed by atoms with van der Waals surface area (Å²) in [5, 5.41) is 14.0. The highest BCUT2D eigenvalue weighted by atomic mass is 32.1. The first kappa shape index (κ1) is 20.9. The molecule has 1 N–H and O–H groups in total. The molecule has 0 fully saturated rings. The number of nitrogens with zero attached hydrogens (tertiary/aromatic N) is 2. The van der Waals surface area contributed by atoms with Gasteiger partial charge in [0.05, 0.1) is 4.92 Å². The van der Waals surface area contributed by atoms with Crippen LogP contribution in [0.5, 0.6) is 0 Å². The molecule has 2 aromatic carbocycles. The highest BCUT2D eigenvalue weighted by Gasteiger charge is 2.16. The summed E-state index contributed by atoms with van der Waals surface area (Å²) in [4.78, 5) is 48.1. The fourth-order valence-electron chi connectivity index (χ4n) is 2.60. The molecule has 2 amide bonds. The Bertz CT molecular complexity index is 1140. The largest absolute Gasteiger partial charge is 0.451 e. The first-order chi connectivity index (χ1) is 14.2. The number of non-ortho nitro benzene ring substituents is 1. The molecule has 3 aromatic rings. The van der Waals surface area contributed by atoms with Gasteiger partial charge in [0, 0.05) is 47.6 Å². The third-order valence-electron chi connectivity index (χ3n) is 4.07. The lowest BCUT2D eigenvalue weighted by Gasteiger charge is -2.11. The second kappa shape index (κ2) is 8.70. The molecule has 0 saturated carbocycles. The number of benzene rings is 2. The molecule has 0 atom stereocenters. The highest BCUT2D eigenvalue weighted by Crippen LogP contribution is 2.29. The number of carbonyl (C=O) groups is 3. The molecule has 1 aromatic heterocycles. The average molecular weight is 427 g/mol. The van der Waals surface area contributed by atoms with Gasteiger partial charge in [0.1, 0.15) is 4.88 Å². The minimum atomic E-state index is -0.694. The summed E-state index contributed by atoms with van der Waals surface area (Å²) in [6, 6.07) is 12.1. The second-order valence-electron chi connectivity index (χ2n) is 6.49. The van der Waals surface area contributed by atoms with E-state index in [9.17, 15) is 24.5 Å². The van der Waals surface area contributed by atoms with Crippen LogP contribution in [0.15, 0.2) is 48.5 Å². The first-order valence-corrected chi connectivity index (χ1v) is 9.53.